The molecule has 0 atom stereocenters. The maximum Gasteiger partial charge on any atom is -0.00189 e. The summed E-state index contributed by atoms with van der Waals surface area (Å²) in [6, 6.07) is 0. The molecule has 0 saturated heterocycles. The van der Waals surface area contributed by atoms with Gasteiger partial charge in [0.05, 0.1) is 0 Å². The average Bonchev–Trinajstić information content (AvgIpc) is 2.16. The lowest BCUT2D eigenvalue weighted by atomic mass is 10.2. The molecule has 0 aliphatic rings. The van der Waals surface area contributed by atoms with Crippen LogP contribution in [0.2, 0.25) is 0 Å². The van der Waals surface area contributed by atoms with E-state index in [4.69, 9.17) is 0 Å². The van der Waals surface area contributed by atoms with Gasteiger partial charge in [0.1, 0.15) is 0 Å². The Morgan fingerprint density at radius 3 is 1.43 bits per heavy atom. The van der Waals surface area contributed by atoms with E-state index < -0.39 is 0 Å². The zero-order chi connectivity index (χ0) is 9.94. The summed E-state index contributed by atoms with van der Waals surface area (Å²) in [4.78, 5) is 2.59. The highest BCUT2D eigenvalue weighted by Crippen LogP contribution is 2.01. The normalized spacial score (nSPS) is 10.3. The van der Waals surface area contributed by atoms with Crippen molar-refractivity contribution in [2.75, 3.05) is 19.6 Å². The summed E-state index contributed by atoms with van der Waals surface area (Å²) in [6.07, 6.45) is 8.24. The van der Waals surface area contributed by atoms with Crippen molar-refractivity contribution in [3.05, 3.63) is 0 Å². The second-order valence-corrected chi connectivity index (χ2v) is 3.85. The van der Waals surface area contributed by atoms with E-state index in [1.54, 1.807) is 0 Å². The smallest absolute Gasteiger partial charge is 0.00189 e. The molecule has 0 fully saturated rings. The second kappa shape index (κ2) is 13.2. The highest BCUT2D eigenvalue weighted by atomic mass is 35.5. The highest BCUT2D eigenvalue weighted by molar-refractivity contribution is 5.85. The summed E-state index contributed by atoms with van der Waals surface area (Å²) in [5.74, 6) is 0. The summed E-state index contributed by atoms with van der Waals surface area (Å²) in [6.45, 7) is 10.7. The molecule has 1 nitrogen and oxygen atoms in total. The Labute approximate surface area is 96.7 Å². The van der Waals surface area contributed by atoms with E-state index >= 15 is 0 Å². The van der Waals surface area contributed by atoms with Gasteiger partial charge < -0.3 is 4.90 Å². The Morgan fingerprint density at radius 1 is 0.714 bits per heavy atom. The van der Waals surface area contributed by atoms with Crippen LogP contribution >= 0.6 is 12.4 Å². The number of unbranched alkanes of at least 4 members (excludes halogenated alkanes) is 4. The molecule has 0 rings (SSSR count). The van der Waals surface area contributed by atoms with Crippen LogP contribution in [0.5, 0.6) is 0 Å². The summed E-state index contributed by atoms with van der Waals surface area (Å²) in [5, 5.41) is 0. The van der Waals surface area contributed by atoms with Gasteiger partial charge in [-0.05, 0) is 32.5 Å². The first-order chi connectivity index (χ1) is 6.35. The molecule has 0 heterocycles. The minimum absolute atomic E-state index is 0. The number of hydrogen-bond donors (Lipinski definition) is 0. The monoisotopic (exact) mass is 221 g/mol. The first-order valence-electron chi connectivity index (χ1n) is 6.07. The molecule has 0 radical (unpaired) electrons. The van der Waals surface area contributed by atoms with Crippen molar-refractivity contribution in [2.24, 2.45) is 0 Å². The van der Waals surface area contributed by atoms with E-state index in [9.17, 15) is 0 Å². The lowest BCUT2D eigenvalue weighted by Crippen LogP contribution is -2.25. The van der Waals surface area contributed by atoms with Gasteiger partial charge in [-0.15, -0.1) is 12.4 Å². The fourth-order valence-electron chi connectivity index (χ4n) is 1.60. The van der Waals surface area contributed by atoms with Crippen molar-refractivity contribution in [3.63, 3.8) is 0 Å². The first kappa shape index (κ1) is 16.7. The molecule has 0 saturated carbocycles. The molecule has 0 aliphatic heterocycles. The van der Waals surface area contributed by atoms with Crippen LogP contribution in [-0.4, -0.2) is 24.5 Å². The van der Waals surface area contributed by atoms with Gasteiger partial charge in [0.2, 0.25) is 0 Å². The fourth-order valence-corrected chi connectivity index (χ4v) is 1.60. The predicted octanol–water partition coefficient (Wildman–Crippen LogP) is 4.11. The Bertz CT molecular complexity index is 86.3. The van der Waals surface area contributed by atoms with E-state index in [0.29, 0.717) is 0 Å². The third-order valence-electron chi connectivity index (χ3n) is 2.60. The van der Waals surface area contributed by atoms with Gasteiger partial charge in [0.25, 0.3) is 0 Å². The molecule has 14 heavy (non-hydrogen) atoms. The Hall–Kier alpha value is 0.250. The standard InChI is InChI=1S/C12H27N.ClH/c1-4-7-9-11-13(6-3)12-10-8-5-2;/h4-12H2,1-3H3;1H. The van der Waals surface area contributed by atoms with E-state index in [1.165, 1.54) is 58.2 Å². The molecule has 0 aliphatic carbocycles. The van der Waals surface area contributed by atoms with E-state index in [0.717, 1.165) is 0 Å². The van der Waals surface area contributed by atoms with Crippen LogP contribution in [-0.2, 0) is 0 Å². The fraction of sp³-hybridized carbons (Fsp3) is 1.00. The molecule has 0 aromatic rings. The Morgan fingerprint density at radius 2 is 1.14 bits per heavy atom. The van der Waals surface area contributed by atoms with Crippen LogP contribution in [0.3, 0.4) is 0 Å². The average molecular weight is 222 g/mol. The minimum atomic E-state index is 0. The van der Waals surface area contributed by atoms with Gasteiger partial charge in [-0.3, -0.25) is 0 Å². The third-order valence-corrected chi connectivity index (χ3v) is 2.60. The predicted molar refractivity (Wildman–Crippen MR) is 68.4 cm³/mol. The van der Waals surface area contributed by atoms with Crippen LogP contribution in [0.4, 0.5) is 0 Å². The Kier molecular flexibility index (Phi) is 15.8. The molecule has 0 aromatic heterocycles. The van der Waals surface area contributed by atoms with Crippen LogP contribution in [0.15, 0.2) is 0 Å². The number of rotatable bonds is 9. The van der Waals surface area contributed by atoms with Crippen molar-refractivity contribution in [1.82, 2.24) is 4.90 Å². The molecule has 0 N–H and O–H groups in total. The van der Waals surface area contributed by atoms with Crippen molar-refractivity contribution in [3.8, 4) is 0 Å². The zero-order valence-electron chi connectivity index (χ0n) is 10.2. The van der Waals surface area contributed by atoms with Gasteiger partial charge in [-0.25, -0.2) is 0 Å². The summed E-state index contributed by atoms with van der Waals surface area (Å²) < 4.78 is 0. The van der Waals surface area contributed by atoms with Crippen LogP contribution in [0.1, 0.15) is 59.3 Å². The number of nitrogens with zero attached hydrogens (tertiary/aromatic N) is 1. The number of hydrogen-bond acceptors (Lipinski definition) is 1. The summed E-state index contributed by atoms with van der Waals surface area (Å²) in [7, 11) is 0. The largest absolute Gasteiger partial charge is 0.304 e. The SMILES string of the molecule is CCCCCN(CC)CCCCC.Cl. The maximum atomic E-state index is 2.59. The van der Waals surface area contributed by atoms with Crippen molar-refractivity contribution in [2.45, 2.75) is 59.3 Å². The van der Waals surface area contributed by atoms with Crippen LogP contribution in [0, 0.1) is 0 Å². The molecule has 0 spiro atoms. The Balaban J connectivity index is 0. The summed E-state index contributed by atoms with van der Waals surface area (Å²) >= 11 is 0. The van der Waals surface area contributed by atoms with Gasteiger partial charge in [0, 0.05) is 0 Å². The van der Waals surface area contributed by atoms with Crippen molar-refractivity contribution >= 4 is 12.4 Å². The van der Waals surface area contributed by atoms with E-state index in [-0.39, 0.29) is 12.4 Å². The van der Waals surface area contributed by atoms with Gasteiger partial charge >= 0.3 is 0 Å². The quantitative estimate of drug-likeness (QED) is 0.530. The maximum absolute atomic E-state index is 2.59. The molecule has 0 unspecified atom stereocenters. The van der Waals surface area contributed by atoms with Gasteiger partial charge in [-0.2, -0.15) is 0 Å². The first-order valence-corrected chi connectivity index (χ1v) is 6.07. The molecular weight excluding hydrogens is 194 g/mol. The third kappa shape index (κ3) is 10.3. The van der Waals surface area contributed by atoms with Crippen LogP contribution < -0.4 is 0 Å². The lowest BCUT2D eigenvalue weighted by Gasteiger charge is -2.19. The second-order valence-electron chi connectivity index (χ2n) is 3.85. The molecular formula is C12H28ClN. The van der Waals surface area contributed by atoms with Crippen molar-refractivity contribution < 1.29 is 0 Å². The van der Waals surface area contributed by atoms with Crippen molar-refractivity contribution in [1.29, 1.82) is 0 Å². The molecule has 0 bridgehead atoms. The lowest BCUT2D eigenvalue weighted by molar-refractivity contribution is 0.275. The van der Waals surface area contributed by atoms with E-state index in [1.807, 2.05) is 0 Å². The van der Waals surface area contributed by atoms with Crippen LogP contribution in [0.25, 0.3) is 0 Å². The topological polar surface area (TPSA) is 3.24 Å². The molecule has 2 heteroatoms. The molecule has 88 valence electrons. The zero-order valence-corrected chi connectivity index (χ0v) is 11.0. The van der Waals surface area contributed by atoms with E-state index in [2.05, 4.69) is 25.7 Å². The number of halogens is 1. The summed E-state index contributed by atoms with van der Waals surface area (Å²) in [5.41, 5.74) is 0. The minimum Gasteiger partial charge on any atom is -0.304 e. The highest BCUT2D eigenvalue weighted by Gasteiger charge is 2.00. The molecule has 0 amide bonds. The molecule has 0 aromatic carbocycles. The van der Waals surface area contributed by atoms with Gasteiger partial charge in [-0.1, -0.05) is 46.5 Å². The van der Waals surface area contributed by atoms with Gasteiger partial charge in [0.15, 0.2) is 0 Å².